The summed E-state index contributed by atoms with van der Waals surface area (Å²) in [7, 11) is 0. The quantitative estimate of drug-likeness (QED) is 0.583. The van der Waals surface area contributed by atoms with Crippen LogP contribution in [-0.4, -0.2) is 73.5 Å². The summed E-state index contributed by atoms with van der Waals surface area (Å²) in [4.78, 5) is 23.5. The van der Waals surface area contributed by atoms with Gasteiger partial charge in [0.15, 0.2) is 5.41 Å². The molecule has 0 atom stereocenters. The summed E-state index contributed by atoms with van der Waals surface area (Å²) in [5.41, 5.74) is -1.58. The second kappa shape index (κ2) is 8.77. The molecule has 5 heteroatoms. The first-order valence-corrected chi connectivity index (χ1v) is 6.98. The van der Waals surface area contributed by atoms with Gasteiger partial charge in [-0.25, -0.2) is 0 Å². The minimum atomic E-state index is -1.58. The van der Waals surface area contributed by atoms with E-state index < -0.39 is 17.4 Å². The van der Waals surface area contributed by atoms with Crippen LogP contribution in [0, 0.1) is 17.3 Å². The summed E-state index contributed by atoms with van der Waals surface area (Å²) in [6, 6.07) is 0. The summed E-state index contributed by atoms with van der Waals surface area (Å²) in [6.07, 6.45) is 5.66. The topological polar surface area (TPSA) is 74.6 Å². The SMILES string of the molecule is CCC(CC)C(C(=O)O)(C(=O)O)C1CCCCC1.[KH]. The van der Waals surface area contributed by atoms with Gasteiger partial charge in [0.1, 0.15) is 0 Å². The van der Waals surface area contributed by atoms with Gasteiger partial charge in [-0.2, -0.15) is 0 Å². The van der Waals surface area contributed by atoms with Crippen LogP contribution in [0.3, 0.4) is 0 Å². The number of hydrogen-bond acceptors (Lipinski definition) is 2. The average Bonchev–Trinajstić information content (AvgIpc) is 2.35. The molecule has 0 bridgehead atoms. The molecule has 4 nitrogen and oxygen atoms in total. The van der Waals surface area contributed by atoms with Gasteiger partial charge < -0.3 is 10.2 Å². The van der Waals surface area contributed by atoms with E-state index in [1.807, 2.05) is 13.8 Å². The Balaban J connectivity index is 0.00000324. The van der Waals surface area contributed by atoms with Crippen LogP contribution in [0.2, 0.25) is 0 Å². The van der Waals surface area contributed by atoms with E-state index in [1.165, 1.54) is 0 Å². The molecule has 1 aliphatic carbocycles. The molecule has 0 heterocycles. The average molecular weight is 296 g/mol. The summed E-state index contributed by atoms with van der Waals surface area (Å²) >= 11 is 0. The van der Waals surface area contributed by atoms with Crippen molar-refractivity contribution in [1.82, 2.24) is 0 Å². The van der Waals surface area contributed by atoms with Crippen molar-refractivity contribution in [3.8, 4) is 0 Å². The van der Waals surface area contributed by atoms with Crippen LogP contribution in [0.5, 0.6) is 0 Å². The first kappa shape index (κ1) is 19.6. The van der Waals surface area contributed by atoms with Gasteiger partial charge >= 0.3 is 63.3 Å². The minimum absolute atomic E-state index is 0. The molecule has 1 aliphatic rings. The first-order chi connectivity index (χ1) is 8.51. The van der Waals surface area contributed by atoms with E-state index in [0.717, 1.165) is 32.1 Å². The third kappa shape index (κ3) is 3.82. The molecule has 19 heavy (non-hydrogen) atoms. The zero-order valence-electron chi connectivity index (χ0n) is 11.3. The number of carbonyl (C=O) groups is 2. The standard InChI is InChI=1S/C14H24O4.K.H/c1-3-10(4-2)14(12(15)16,13(17)18)11-8-6-5-7-9-11;;/h10-11H,3-9H2,1-2H3,(H,15,16)(H,17,18);;. The first-order valence-electron chi connectivity index (χ1n) is 6.98. The fourth-order valence-electron chi connectivity index (χ4n) is 3.61. The molecule has 0 aromatic carbocycles. The normalized spacial score (nSPS) is 17.0. The summed E-state index contributed by atoms with van der Waals surface area (Å²) in [5.74, 6) is -2.78. The summed E-state index contributed by atoms with van der Waals surface area (Å²) < 4.78 is 0. The van der Waals surface area contributed by atoms with Gasteiger partial charge in [-0.05, 0) is 24.7 Å². The molecular formula is C14H25KO4. The molecule has 1 fully saturated rings. The van der Waals surface area contributed by atoms with Gasteiger partial charge in [0.05, 0.1) is 0 Å². The Labute approximate surface area is 157 Å². The van der Waals surface area contributed by atoms with Crippen molar-refractivity contribution in [2.75, 3.05) is 0 Å². The van der Waals surface area contributed by atoms with Gasteiger partial charge in [0.2, 0.25) is 0 Å². The van der Waals surface area contributed by atoms with Crippen LogP contribution < -0.4 is 0 Å². The molecular weight excluding hydrogens is 271 g/mol. The van der Waals surface area contributed by atoms with Crippen molar-refractivity contribution in [3.63, 3.8) is 0 Å². The fraction of sp³-hybridized carbons (Fsp3) is 0.857. The van der Waals surface area contributed by atoms with E-state index in [1.54, 1.807) is 0 Å². The molecule has 0 aromatic heterocycles. The predicted octanol–water partition coefficient (Wildman–Crippen LogP) is 2.51. The van der Waals surface area contributed by atoms with E-state index >= 15 is 0 Å². The van der Waals surface area contributed by atoms with E-state index in [0.29, 0.717) is 12.8 Å². The Morgan fingerprint density at radius 3 is 1.79 bits per heavy atom. The van der Waals surface area contributed by atoms with Crippen LogP contribution in [0.15, 0.2) is 0 Å². The van der Waals surface area contributed by atoms with Gasteiger partial charge in [0.25, 0.3) is 0 Å². The van der Waals surface area contributed by atoms with Crippen molar-refractivity contribution >= 4 is 63.3 Å². The van der Waals surface area contributed by atoms with Crippen LogP contribution >= 0.6 is 0 Å². The van der Waals surface area contributed by atoms with Crippen molar-refractivity contribution in [2.45, 2.75) is 58.8 Å². The second-order valence-electron chi connectivity index (χ2n) is 5.33. The third-order valence-corrected chi connectivity index (χ3v) is 4.59. The summed E-state index contributed by atoms with van der Waals surface area (Å²) in [6.45, 7) is 3.77. The van der Waals surface area contributed by atoms with Gasteiger partial charge in [-0.3, -0.25) is 9.59 Å². The molecule has 0 aromatic rings. The fourth-order valence-corrected chi connectivity index (χ4v) is 3.61. The van der Waals surface area contributed by atoms with Gasteiger partial charge in [-0.1, -0.05) is 46.0 Å². The van der Waals surface area contributed by atoms with Gasteiger partial charge in [0, 0.05) is 0 Å². The molecule has 0 unspecified atom stereocenters. The second-order valence-corrected chi connectivity index (χ2v) is 5.33. The van der Waals surface area contributed by atoms with E-state index in [4.69, 9.17) is 0 Å². The Hall–Kier alpha value is 0.576. The van der Waals surface area contributed by atoms with Crippen LogP contribution in [-0.2, 0) is 9.59 Å². The van der Waals surface area contributed by atoms with E-state index in [9.17, 15) is 19.8 Å². The number of aliphatic carboxylic acids is 2. The Morgan fingerprint density at radius 2 is 1.47 bits per heavy atom. The Morgan fingerprint density at radius 1 is 1.05 bits per heavy atom. The maximum absolute atomic E-state index is 11.7. The molecule has 0 amide bonds. The van der Waals surface area contributed by atoms with E-state index in [-0.39, 0.29) is 63.2 Å². The number of carboxylic acids is 2. The van der Waals surface area contributed by atoms with Gasteiger partial charge in [-0.15, -0.1) is 0 Å². The van der Waals surface area contributed by atoms with Crippen LogP contribution in [0.4, 0.5) is 0 Å². The molecule has 2 N–H and O–H groups in total. The molecule has 106 valence electrons. The molecule has 0 saturated heterocycles. The third-order valence-electron chi connectivity index (χ3n) is 4.59. The monoisotopic (exact) mass is 296 g/mol. The maximum atomic E-state index is 11.7. The molecule has 0 radical (unpaired) electrons. The van der Waals surface area contributed by atoms with Crippen LogP contribution in [0.1, 0.15) is 58.8 Å². The number of hydrogen-bond donors (Lipinski definition) is 2. The van der Waals surface area contributed by atoms with E-state index in [2.05, 4.69) is 0 Å². The van der Waals surface area contributed by atoms with Crippen LogP contribution in [0.25, 0.3) is 0 Å². The van der Waals surface area contributed by atoms with Crippen molar-refractivity contribution in [1.29, 1.82) is 0 Å². The molecule has 1 rings (SSSR count). The molecule has 0 aliphatic heterocycles. The molecule has 1 saturated carbocycles. The number of rotatable bonds is 6. The van der Waals surface area contributed by atoms with Crippen molar-refractivity contribution in [3.05, 3.63) is 0 Å². The summed E-state index contributed by atoms with van der Waals surface area (Å²) in [5, 5.41) is 19.2. The number of carboxylic acid groups (broad SMARTS) is 2. The zero-order valence-corrected chi connectivity index (χ0v) is 11.3. The predicted molar refractivity (Wildman–Crippen MR) is 75.5 cm³/mol. The van der Waals surface area contributed by atoms with Crippen molar-refractivity contribution in [2.24, 2.45) is 17.3 Å². The molecule has 0 spiro atoms. The van der Waals surface area contributed by atoms with Crippen molar-refractivity contribution < 1.29 is 19.8 Å². The Bertz CT molecular complexity index is 293. The Kier molecular flexibility index (Phi) is 9.04. The zero-order chi connectivity index (χ0) is 13.8.